The average molecular weight is 326 g/mol. The van der Waals surface area contributed by atoms with Crippen LogP contribution >= 0.6 is 23.5 Å². The van der Waals surface area contributed by atoms with Crippen LogP contribution in [0.5, 0.6) is 5.75 Å². The molecule has 0 saturated carbocycles. The van der Waals surface area contributed by atoms with Gasteiger partial charge < -0.3 is 9.63 Å². The number of nitrogens with zero attached hydrogens (tertiary/aromatic N) is 2. The number of rotatable bonds is 3. The number of benzene rings is 1. The fourth-order valence-electron chi connectivity index (χ4n) is 2.32. The normalized spacial score (nSPS) is 22.4. The van der Waals surface area contributed by atoms with Gasteiger partial charge in [0.25, 0.3) is 5.89 Å². The quantitative estimate of drug-likeness (QED) is 0.923. The molecule has 1 aromatic heterocycles. The predicted octanol–water partition coefficient (Wildman–Crippen LogP) is 3.88. The Labute approximate surface area is 130 Å². The average Bonchev–Trinajstić information content (AvgIpc) is 2.96. The minimum absolute atomic E-state index is 0.0299. The lowest BCUT2D eigenvalue weighted by molar-refractivity contribution is 0.412. The van der Waals surface area contributed by atoms with E-state index < -0.39 is 5.82 Å². The summed E-state index contributed by atoms with van der Waals surface area (Å²) < 4.78 is 19.0. The van der Waals surface area contributed by atoms with Gasteiger partial charge in [0.15, 0.2) is 5.82 Å². The second-order valence-corrected chi connectivity index (χ2v) is 7.30. The van der Waals surface area contributed by atoms with Crippen LogP contribution in [0.2, 0.25) is 0 Å². The molecule has 1 saturated heterocycles. The highest BCUT2D eigenvalue weighted by Gasteiger charge is 2.31. The molecule has 1 fully saturated rings. The summed E-state index contributed by atoms with van der Waals surface area (Å²) in [4.78, 5) is 4.31. The summed E-state index contributed by atoms with van der Waals surface area (Å²) in [5.74, 6) is 2.02. The van der Waals surface area contributed by atoms with Gasteiger partial charge in [-0.1, -0.05) is 18.1 Å². The number of hydrogen-bond acceptors (Lipinski definition) is 6. The van der Waals surface area contributed by atoms with Crippen LogP contribution in [-0.4, -0.2) is 32.0 Å². The lowest BCUT2D eigenvalue weighted by Gasteiger charge is -2.27. The minimum atomic E-state index is -0.567. The zero-order chi connectivity index (χ0) is 14.8. The van der Waals surface area contributed by atoms with E-state index in [0.717, 1.165) is 17.9 Å². The molecule has 1 aliphatic heterocycles. The summed E-state index contributed by atoms with van der Waals surface area (Å²) in [7, 11) is 0. The first kappa shape index (κ1) is 14.7. The molecule has 2 aromatic rings. The van der Waals surface area contributed by atoms with Crippen LogP contribution in [0.25, 0.3) is 11.5 Å². The first-order chi connectivity index (χ1) is 10.2. The Morgan fingerprint density at radius 1 is 1.38 bits per heavy atom. The minimum Gasteiger partial charge on any atom is -0.507 e. The molecule has 3 rings (SSSR count). The summed E-state index contributed by atoms with van der Waals surface area (Å²) in [6, 6.07) is 4.10. The van der Waals surface area contributed by atoms with Crippen molar-refractivity contribution in [1.29, 1.82) is 0 Å². The van der Waals surface area contributed by atoms with E-state index in [1.165, 1.54) is 18.2 Å². The molecule has 21 heavy (non-hydrogen) atoms. The number of aromatic nitrogens is 2. The van der Waals surface area contributed by atoms with Gasteiger partial charge in [0.2, 0.25) is 0 Å². The molecule has 112 valence electrons. The summed E-state index contributed by atoms with van der Waals surface area (Å²) >= 11 is 3.72. The highest BCUT2D eigenvalue weighted by molar-refractivity contribution is 8.06. The van der Waals surface area contributed by atoms with Gasteiger partial charge in [-0.25, -0.2) is 4.39 Å². The van der Waals surface area contributed by atoms with Gasteiger partial charge in [0, 0.05) is 16.8 Å². The molecule has 0 radical (unpaired) electrons. The van der Waals surface area contributed by atoms with Crippen LogP contribution in [0.3, 0.4) is 0 Å². The van der Waals surface area contributed by atoms with Crippen molar-refractivity contribution >= 4 is 23.5 Å². The van der Waals surface area contributed by atoms with Crippen molar-refractivity contribution in [3.63, 3.8) is 0 Å². The topological polar surface area (TPSA) is 59.2 Å². The summed E-state index contributed by atoms with van der Waals surface area (Å²) in [5, 5.41) is 14.4. The monoisotopic (exact) mass is 326 g/mol. The van der Waals surface area contributed by atoms with E-state index in [1.54, 1.807) is 11.8 Å². The molecule has 4 nitrogen and oxygen atoms in total. The Morgan fingerprint density at radius 2 is 2.19 bits per heavy atom. The van der Waals surface area contributed by atoms with Crippen LogP contribution in [-0.2, 0) is 0 Å². The van der Waals surface area contributed by atoms with Crippen molar-refractivity contribution in [3.05, 3.63) is 29.8 Å². The highest BCUT2D eigenvalue weighted by Crippen LogP contribution is 2.43. The molecule has 0 bridgehead atoms. The molecule has 1 N–H and O–H groups in total. The zero-order valence-electron chi connectivity index (χ0n) is 11.5. The summed E-state index contributed by atoms with van der Waals surface area (Å²) in [6.45, 7) is 2.14. The van der Waals surface area contributed by atoms with Crippen molar-refractivity contribution in [2.24, 2.45) is 0 Å². The maximum atomic E-state index is 13.8. The van der Waals surface area contributed by atoms with Crippen LogP contribution < -0.4 is 0 Å². The number of halogens is 1. The fraction of sp³-hybridized carbons (Fsp3) is 0.429. The lowest BCUT2D eigenvalue weighted by atomic mass is 10.2. The second kappa shape index (κ2) is 6.27. The SMILES string of the molecule is CCC1SCCSC1c1noc(-c2c(O)cccc2F)n1. The largest absolute Gasteiger partial charge is 0.507 e. The molecule has 2 unspecified atom stereocenters. The van der Waals surface area contributed by atoms with Crippen molar-refractivity contribution in [3.8, 4) is 17.2 Å². The van der Waals surface area contributed by atoms with E-state index in [1.807, 2.05) is 11.8 Å². The third-order valence-corrected chi connectivity index (χ3v) is 6.60. The van der Waals surface area contributed by atoms with Gasteiger partial charge in [-0.2, -0.15) is 16.7 Å². The summed E-state index contributed by atoms with van der Waals surface area (Å²) in [5.41, 5.74) is -0.0299. The van der Waals surface area contributed by atoms with Crippen molar-refractivity contribution in [2.75, 3.05) is 11.5 Å². The molecule has 2 heterocycles. The first-order valence-electron chi connectivity index (χ1n) is 6.75. The Kier molecular flexibility index (Phi) is 4.40. The van der Waals surface area contributed by atoms with E-state index in [-0.39, 0.29) is 22.5 Å². The molecular formula is C14H15FN2O2S2. The van der Waals surface area contributed by atoms with Gasteiger partial charge in [-0.3, -0.25) is 0 Å². The molecule has 7 heteroatoms. The predicted molar refractivity (Wildman–Crippen MR) is 83.1 cm³/mol. The van der Waals surface area contributed by atoms with Crippen LogP contribution in [0.4, 0.5) is 4.39 Å². The Hall–Kier alpha value is -1.21. The molecule has 0 spiro atoms. The van der Waals surface area contributed by atoms with E-state index in [4.69, 9.17) is 4.52 Å². The van der Waals surface area contributed by atoms with Gasteiger partial charge >= 0.3 is 0 Å². The van der Waals surface area contributed by atoms with Crippen molar-refractivity contribution in [1.82, 2.24) is 10.1 Å². The van der Waals surface area contributed by atoms with Crippen molar-refractivity contribution in [2.45, 2.75) is 23.8 Å². The number of aromatic hydroxyl groups is 1. The summed E-state index contributed by atoms with van der Waals surface area (Å²) in [6.07, 6.45) is 1.02. The van der Waals surface area contributed by atoms with E-state index >= 15 is 0 Å². The van der Waals surface area contributed by atoms with Crippen LogP contribution in [0, 0.1) is 5.82 Å². The third kappa shape index (κ3) is 2.89. The number of phenolic OH excluding ortho intramolecular Hbond substituents is 1. The molecule has 1 aromatic carbocycles. The van der Waals surface area contributed by atoms with Crippen LogP contribution in [0.15, 0.2) is 22.7 Å². The fourth-order valence-corrected chi connectivity index (χ4v) is 5.30. The Bertz CT molecular complexity index is 615. The number of phenols is 1. The number of thioether (sulfide) groups is 2. The Morgan fingerprint density at radius 3 is 2.95 bits per heavy atom. The van der Waals surface area contributed by atoms with Gasteiger partial charge in [0.05, 0.1) is 5.25 Å². The standard InChI is InChI=1S/C14H15FN2O2S2/c1-2-10-12(21-7-6-20-10)13-16-14(19-17-13)11-8(15)4-3-5-9(11)18/h3-5,10,12,18H,2,6-7H2,1H3. The number of hydrogen-bond donors (Lipinski definition) is 1. The smallest absolute Gasteiger partial charge is 0.264 e. The third-order valence-electron chi connectivity index (χ3n) is 3.35. The van der Waals surface area contributed by atoms with E-state index in [2.05, 4.69) is 17.1 Å². The lowest BCUT2D eigenvalue weighted by Crippen LogP contribution is -2.19. The molecule has 0 aliphatic carbocycles. The molecule has 0 amide bonds. The van der Waals surface area contributed by atoms with E-state index in [9.17, 15) is 9.50 Å². The van der Waals surface area contributed by atoms with E-state index in [0.29, 0.717) is 11.1 Å². The molecular weight excluding hydrogens is 311 g/mol. The maximum Gasteiger partial charge on any atom is 0.264 e. The second-order valence-electron chi connectivity index (χ2n) is 4.70. The Balaban J connectivity index is 1.93. The maximum absolute atomic E-state index is 13.8. The zero-order valence-corrected chi connectivity index (χ0v) is 13.1. The first-order valence-corrected chi connectivity index (χ1v) is 8.85. The van der Waals surface area contributed by atoms with Crippen molar-refractivity contribution < 1.29 is 14.0 Å². The van der Waals surface area contributed by atoms with Crippen LogP contribution in [0.1, 0.15) is 24.4 Å². The molecule has 2 atom stereocenters. The van der Waals surface area contributed by atoms with Gasteiger partial charge in [0.1, 0.15) is 17.1 Å². The van der Waals surface area contributed by atoms with Gasteiger partial charge in [-0.15, -0.1) is 11.8 Å². The highest BCUT2D eigenvalue weighted by atomic mass is 32.2. The molecule has 1 aliphatic rings. The van der Waals surface area contributed by atoms with Gasteiger partial charge in [-0.05, 0) is 18.6 Å².